The number of alkyl halides is 3. The quantitative estimate of drug-likeness (QED) is 0.610. The molecule has 2 aliphatic rings. The predicted molar refractivity (Wildman–Crippen MR) is 119 cm³/mol. The number of nitrogens with zero attached hydrogens (tertiary/aromatic N) is 3. The van der Waals surface area contributed by atoms with Crippen molar-refractivity contribution in [2.75, 3.05) is 55.4 Å². The van der Waals surface area contributed by atoms with E-state index in [0.29, 0.717) is 11.6 Å². The first-order valence-corrected chi connectivity index (χ1v) is 12.0. The minimum atomic E-state index is -4.30. The van der Waals surface area contributed by atoms with Gasteiger partial charge in [0.1, 0.15) is 0 Å². The molecular weight excluding hydrogens is 423 g/mol. The van der Waals surface area contributed by atoms with Crippen molar-refractivity contribution >= 4 is 22.2 Å². The Hall–Kier alpha value is -2.06. The monoisotopic (exact) mass is 451 g/mol. The second-order valence-corrected chi connectivity index (χ2v) is 9.70. The average molecular weight is 452 g/mol. The van der Waals surface area contributed by atoms with Crippen LogP contribution in [0.5, 0.6) is 0 Å². The fourth-order valence-corrected chi connectivity index (χ4v) is 5.67. The van der Waals surface area contributed by atoms with Gasteiger partial charge in [-0.15, -0.1) is 0 Å². The van der Waals surface area contributed by atoms with E-state index in [9.17, 15) is 17.4 Å². The van der Waals surface area contributed by atoms with E-state index in [2.05, 4.69) is 23.1 Å². The van der Waals surface area contributed by atoms with E-state index in [1.165, 1.54) is 17.7 Å². The first-order valence-electron chi connectivity index (χ1n) is 10.7. The van der Waals surface area contributed by atoms with E-state index >= 15 is 0 Å². The van der Waals surface area contributed by atoms with E-state index in [4.69, 9.17) is 0 Å². The molecule has 0 saturated carbocycles. The minimum Gasteiger partial charge on any atom is -0.369 e. The highest BCUT2D eigenvalue weighted by atomic mass is 32.2. The van der Waals surface area contributed by atoms with Crippen LogP contribution in [0.15, 0.2) is 47.4 Å². The maximum Gasteiger partial charge on any atom is 0.416 e. The third kappa shape index (κ3) is 5.23. The van der Waals surface area contributed by atoms with Crippen LogP contribution in [0.1, 0.15) is 24.0 Å². The Kier molecular flexibility index (Phi) is 6.57. The van der Waals surface area contributed by atoms with Crippen LogP contribution in [0.4, 0.5) is 24.5 Å². The first kappa shape index (κ1) is 22.1. The van der Waals surface area contributed by atoms with E-state index in [1.54, 1.807) is 6.07 Å². The van der Waals surface area contributed by atoms with E-state index in [1.807, 2.05) is 16.8 Å². The summed E-state index contributed by atoms with van der Waals surface area (Å²) < 4.78 is 51.0. The van der Waals surface area contributed by atoms with Crippen LogP contribution in [-0.2, 0) is 23.4 Å². The molecule has 2 aliphatic heterocycles. The number of fused-ring (bicyclic) bond motifs is 1. The van der Waals surface area contributed by atoms with Gasteiger partial charge in [-0.2, -0.15) is 13.2 Å². The zero-order valence-electron chi connectivity index (χ0n) is 17.7. The number of hydrogen-bond donors (Lipinski definition) is 0. The van der Waals surface area contributed by atoms with Gasteiger partial charge in [-0.3, -0.25) is 9.11 Å². The maximum absolute atomic E-state index is 13.0. The standard InChI is InChI=1S/C23H28F3N3OS/c1-27-17-31(30)22-15-18(8-9-21(22)27)5-2-3-10-28-11-13-29(14-12-28)20-7-4-6-19(16-20)23(24,25)26/h4,6-9,15-16H,2-3,5,10-14,17H2,1H3. The van der Waals surface area contributed by atoms with Crippen molar-refractivity contribution in [1.29, 1.82) is 0 Å². The lowest BCUT2D eigenvalue weighted by atomic mass is 10.1. The number of halogens is 3. The Morgan fingerprint density at radius 3 is 2.52 bits per heavy atom. The van der Waals surface area contributed by atoms with Gasteiger partial charge in [-0.05, 0) is 61.7 Å². The Balaban J connectivity index is 1.21. The smallest absolute Gasteiger partial charge is 0.369 e. The fraction of sp³-hybridized carbons (Fsp3) is 0.478. The number of benzene rings is 2. The lowest BCUT2D eigenvalue weighted by Crippen LogP contribution is -2.46. The normalized spacial score (nSPS) is 19.7. The molecule has 0 bridgehead atoms. The summed E-state index contributed by atoms with van der Waals surface area (Å²) >= 11 is 0. The van der Waals surface area contributed by atoms with E-state index in [0.717, 1.165) is 68.6 Å². The average Bonchev–Trinajstić information content (AvgIpc) is 3.04. The number of unbranched alkanes of at least 4 members (excludes halogenated alkanes) is 1. The van der Waals surface area contributed by atoms with Crippen molar-refractivity contribution in [3.05, 3.63) is 53.6 Å². The molecule has 1 fully saturated rings. The van der Waals surface area contributed by atoms with Crippen molar-refractivity contribution in [2.45, 2.75) is 30.3 Å². The summed E-state index contributed by atoms with van der Waals surface area (Å²) in [4.78, 5) is 7.41. The van der Waals surface area contributed by atoms with Crippen molar-refractivity contribution in [2.24, 2.45) is 0 Å². The van der Waals surface area contributed by atoms with Crippen molar-refractivity contribution in [1.82, 2.24) is 4.90 Å². The number of anilines is 2. The molecule has 0 aromatic heterocycles. The SMILES string of the molecule is CN1CS(=O)c2cc(CCCCN3CCN(c4cccc(C(F)(F)F)c4)CC3)ccc21. The third-order valence-corrected chi connectivity index (χ3v) is 7.53. The Labute approximate surface area is 184 Å². The minimum absolute atomic E-state index is 0.575. The molecule has 1 saturated heterocycles. The molecule has 2 heterocycles. The summed E-state index contributed by atoms with van der Waals surface area (Å²) in [5.41, 5.74) is 2.36. The largest absolute Gasteiger partial charge is 0.416 e. The van der Waals surface area contributed by atoms with Crippen LogP contribution in [0.2, 0.25) is 0 Å². The molecule has 2 aromatic carbocycles. The number of piperazine rings is 1. The van der Waals surface area contributed by atoms with Crippen molar-refractivity contribution in [3.63, 3.8) is 0 Å². The summed E-state index contributed by atoms with van der Waals surface area (Å²) in [5, 5.41) is 0. The highest BCUT2D eigenvalue weighted by Crippen LogP contribution is 2.32. The lowest BCUT2D eigenvalue weighted by molar-refractivity contribution is -0.137. The van der Waals surface area contributed by atoms with Gasteiger partial charge in [0, 0.05) is 38.9 Å². The zero-order chi connectivity index (χ0) is 22.0. The molecule has 31 heavy (non-hydrogen) atoms. The van der Waals surface area contributed by atoms with Gasteiger partial charge >= 0.3 is 6.18 Å². The highest BCUT2D eigenvalue weighted by molar-refractivity contribution is 7.85. The summed E-state index contributed by atoms with van der Waals surface area (Å²) in [7, 11) is 1.04. The summed E-state index contributed by atoms with van der Waals surface area (Å²) in [5.74, 6) is 0.575. The Morgan fingerprint density at radius 1 is 1.00 bits per heavy atom. The van der Waals surface area contributed by atoms with Gasteiger partial charge in [-0.25, -0.2) is 0 Å². The molecule has 0 radical (unpaired) electrons. The molecule has 0 aliphatic carbocycles. The molecule has 4 rings (SSSR count). The molecule has 168 valence electrons. The van der Waals surface area contributed by atoms with E-state index < -0.39 is 22.5 Å². The van der Waals surface area contributed by atoms with Crippen LogP contribution >= 0.6 is 0 Å². The fourth-order valence-electron chi connectivity index (χ4n) is 4.30. The van der Waals surface area contributed by atoms with Crippen LogP contribution in [0.25, 0.3) is 0 Å². The van der Waals surface area contributed by atoms with Gasteiger partial charge in [0.15, 0.2) is 0 Å². The summed E-state index contributed by atoms with van der Waals surface area (Å²) in [6.07, 6.45) is -1.20. The first-order chi connectivity index (χ1) is 14.8. The maximum atomic E-state index is 13.0. The molecule has 1 atom stereocenters. The molecule has 1 unspecified atom stereocenters. The summed E-state index contributed by atoms with van der Waals surface area (Å²) in [6, 6.07) is 11.9. The van der Waals surface area contributed by atoms with Crippen LogP contribution < -0.4 is 9.80 Å². The molecule has 2 aromatic rings. The van der Waals surface area contributed by atoms with Crippen LogP contribution in [0.3, 0.4) is 0 Å². The second-order valence-electron chi connectivity index (χ2n) is 8.31. The second kappa shape index (κ2) is 9.20. The molecular formula is C23H28F3N3OS. The molecule has 0 amide bonds. The van der Waals surface area contributed by atoms with Crippen molar-refractivity contribution in [3.8, 4) is 0 Å². The number of rotatable bonds is 6. The molecule has 0 N–H and O–H groups in total. The predicted octanol–water partition coefficient (Wildman–Crippen LogP) is 4.37. The molecule has 0 spiro atoms. The van der Waals surface area contributed by atoms with E-state index in [-0.39, 0.29) is 0 Å². The number of hydrogen-bond acceptors (Lipinski definition) is 4. The van der Waals surface area contributed by atoms with Crippen molar-refractivity contribution < 1.29 is 17.4 Å². The van der Waals surface area contributed by atoms with Gasteiger partial charge in [0.05, 0.1) is 32.8 Å². The molecule has 8 heteroatoms. The number of aryl methyl sites for hydroxylation is 1. The Morgan fingerprint density at radius 2 is 1.77 bits per heavy atom. The van der Waals surface area contributed by atoms with Gasteiger partial charge < -0.3 is 9.80 Å². The Bertz CT molecular complexity index is 942. The van der Waals surface area contributed by atoms with Crippen LogP contribution in [0, 0.1) is 0 Å². The van der Waals surface area contributed by atoms with Gasteiger partial charge in [-0.1, -0.05) is 12.1 Å². The van der Waals surface area contributed by atoms with Crippen LogP contribution in [-0.4, -0.2) is 54.8 Å². The lowest BCUT2D eigenvalue weighted by Gasteiger charge is -2.36. The third-order valence-electron chi connectivity index (χ3n) is 6.09. The van der Waals surface area contributed by atoms with Gasteiger partial charge in [0.2, 0.25) is 0 Å². The highest BCUT2D eigenvalue weighted by Gasteiger charge is 2.31. The summed E-state index contributed by atoms with van der Waals surface area (Å²) in [6.45, 7) is 4.20. The zero-order valence-corrected chi connectivity index (χ0v) is 18.5. The molecule has 4 nitrogen and oxygen atoms in total. The topological polar surface area (TPSA) is 26.8 Å². The van der Waals surface area contributed by atoms with Gasteiger partial charge in [0.25, 0.3) is 0 Å².